The van der Waals surface area contributed by atoms with Crippen LogP contribution in [0, 0.1) is 5.82 Å². The number of hydrogen-bond acceptors (Lipinski definition) is 3. The molecule has 0 aromatic heterocycles. The zero-order chi connectivity index (χ0) is 21.4. The van der Waals surface area contributed by atoms with E-state index in [0.29, 0.717) is 22.2 Å². The number of carbonyl (C=O) groups is 2. The van der Waals surface area contributed by atoms with Gasteiger partial charge in [-0.2, -0.15) is 0 Å². The molecule has 2 aromatic carbocycles. The van der Waals surface area contributed by atoms with E-state index in [-0.39, 0.29) is 18.2 Å². The molecule has 0 unspecified atom stereocenters. The summed E-state index contributed by atoms with van der Waals surface area (Å²) in [6.07, 6.45) is 0.770. The number of halogens is 3. The van der Waals surface area contributed by atoms with Crippen LogP contribution in [-0.4, -0.2) is 35.9 Å². The molecule has 0 radical (unpaired) electrons. The zero-order valence-corrected chi connectivity index (χ0v) is 17.8. The molecule has 0 saturated carbocycles. The maximum absolute atomic E-state index is 13.8. The maximum Gasteiger partial charge on any atom is 0.261 e. The molecule has 0 heterocycles. The third kappa shape index (κ3) is 6.61. The van der Waals surface area contributed by atoms with E-state index in [4.69, 9.17) is 27.9 Å². The molecule has 0 aliphatic heterocycles. The van der Waals surface area contributed by atoms with Crippen molar-refractivity contribution in [2.24, 2.45) is 0 Å². The van der Waals surface area contributed by atoms with Crippen LogP contribution in [0.2, 0.25) is 10.0 Å². The number of ether oxygens (including phenoxy) is 1. The smallest absolute Gasteiger partial charge is 0.261 e. The summed E-state index contributed by atoms with van der Waals surface area (Å²) in [7, 11) is 0. The first-order chi connectivity index (χ1) is 13.8. The first-order valence-corrected chi connectivity index (χ1v) is 9.97. The number of para-hydroxylation sites is 1. The monoisotopic (exact) mass is 440 g/mol. The number of nitrogens with zero attached hydrogens (tertiary/aromatic N) is 1. The predicted octanol–water partition coefficient (Wildman–Crippen LogP) is 4.45. The van der Waals surface area contributed by atoms with Gasteiger partial charge in [0.05, 0.1) is 0 Å². The van der Waals surface area contributed by atoms with Crippen LogP contribution in [0.15, 0.2) is 42.5 Å². The van der Waals surface area contributed by atoms with Gasteiger partial charge in [-0.15, -0.1) is 0 Å². The van der Waals surface area contributed by atoms with Crippen LogP contribution >= 0.6 is 23.2 Å². The van der Waals surface area contributed by atoms with Crippen molar-refractivity contribution in [2.75, 3.05) is 13.2 Å². The molecule has 0 saturated heterocycles. The number of nitrogens with one attached hydrogen (secondary N) is 1. The van der Waals surface area contributed by atoms with Gasteiger partial charge >= 0.3 is 0 Å². The van der Waals surface area contributed by atoms with E-state index in [1.807, 2.05) is 6.92 Å². The summed E-state index contributed by atoms with van der Waals surface area (Å²) < 4.78 is 19.1. The van der Waals surface area contributed by atoms with E-state index < -0.39 is 24.4 Å². The average molecular weight is 441 g/mol. The van der Waals surface area contributed by atoms with Crippen molar-refractivity contribution in [3.05, 3.63) is 63.9 Å². The summed E-state index contributed by atoms with van der Waals surface area (Å²) in [6.45, 7) is 3.71. The fourth-order valence-corrected chi connectivity index (χ4v) is 3.06. The third-order valence-corrected chi connectivity index (χ3v) is 4.85. The first-order valence-electron chi connectivity index (χ1n) is 9.22. The summed E-state index contributed by atoms with van der Waals surface area (Å²) in [6, 6.07) is 9.95. The zero-order valence-electron chi connectivity index (χ0n) is 16.3. The lowest BCUT2D eigenvalue weighted by Gasteiger charge is -2.29. The highest BCUT2D eigenvalue weighted by Crippen LogP contribution is 2.23. The second-order valence-corrected chi connectivity index (χ2v) is 7.29. The van der Waals surface area contributed by atoms with E-state index in [1.165, 1.54) is 23.1 Å². The Labute approximate surface area is 179 Å². The van der Waals surface area contributed by atoms with Gasteiger partial charge in [-0.05, 0) is 43.2 Å². The Balaban J connectivity index is 2.19. The molecule has 29 heavy (non-hydrogen) atoms. The normalized spacial score (nSPS) is 11.6. The van der Waals surface area contributed by atoms with E-state index >= 15 is 0 Å². The van der Waals surface area contributed by atoms with E-state index in [2.05, 4.69) is 5.32 Å². The number of hydrogen-bond donors (Lipinski definition) is 1. The standard InChI is InChI=1S/C21H23Cl2FN2O3/c1-3-10-25-21(28)14(2)26(12-15-8-9-16(22)11-17(15)23)20(27)13-29-19-7-5-4-6-18(19)24/h4-9,11,14H,3,10,12-13H2,1-2H3,(H,25,28)/t14-/m0/s1. The summed E-state index contributed by atoms with van der Waals surface area (Å²) in [4.78, 5) is 26.7. The molecule has 0 bridgehead atoms. The Morgan fingerprint density at radius 2 is 1.93 bits per heavy atom. The molecule has 0 spiro atoms. The van der Waals surface area contributed by atoms with Gasteiger partial charge in [0.1, 0.15) is 6.04 Å². The van der Waals surface area contributed by atoms with Crippen molar-refractivity contribution in [3.63, 3.8) is 0 Å². The van der Waals surface area contributed by atoms with Crippen molar-refractivity contribution >= 4 is 35.0 Å². The van der Waals surface area contributed by atoms with Gasteiger partial charge in [-0.25, -0.2) is 4.39 Å². The van der Waals surface area contributed by atoms with Gasteiger partial charge in [0, 0.05) is 23.1 Å². The second kappa shape index (κ2) is 11.0. The quantitative estimate of drug-likeness (QED) is 0.626. The van der Waals surface area contributed by atoms with Crippen LogP contribution in [0.1, 0.15) is 25.8 Å². The fourth-order valence-electron chi connectivity index (χ4n) is 2.60. The van der Waals surface area contributed by atoms with Crippen molar-refractivity contribution in [3.8, 4) is 5.75 Å². The van der Waals surface area contributed by atoms with Crippen LogP contribution < -0.4 is 10.1 Å². The Morgan fingerprint density at radius 3 is 2.59 bits per heavy atom. The van der Waals surface area contributed by atoms with E-state index in [9.17, 15) is 14.0 Å². The molecular weight excluding hydrogens is 418 g/mol. The molecule has 0 aliphatic rings. The van der Waals surface area contributed by atoms with Gasteiger partial charge < -0.3 is 15.0 Å². The maximum atomic E-state index is 13.8. The van der Waals surface area contributed by atoms with Crippen molar-refractivity contribution in [1.82, 2.24) is 10.2 Å². The first kappa shape index (κ1) is 23.0. The lowest BCUT2D eigenvalue weighted by molar-refractivity contribution is -0.142. The number of carbonyl (C=O) groups excluding carboxylic acids is 2. The van der Waals surface area contributed by atoms with E-state index in [1.54, 1.807) is 31.2 Å². The average Bonchev–Trinajstić information content (AvgIpc) is 2.70. The van der Waals surface area contributed by atoms with E-state index in [0.717, 1.165) is 6.42 Å². The molecule has 0 fully saturated rings. The van der Waals surface area contributed by atoms with Crippen LogP contribution in [0.5, 0.6) is 5.75 Å². The van der Waals surface area contributed by atoms with Gasteiger partial charge in [-0.3, -0.25) is 9.59 Å². The second-order valence-electron chi connectivity index (χ2n) is 6.44. The van der Waals surface area contributed by atoms with Crippen LogP contribution in [0.4, 0.5) is 4.39 Å². The summed E-state index contributed by atoms with van der Waals surface area (Å²) in [5, 5.41) is 3.62. The van der Waals surface area contributed by atoms with Crippen LogP contribution in [0.3, 0.4) is 0 Å². The highest BCUT2D eigenvalue weighted by molar-refractivity contribution is 6.35. The molecule has 156 valence electrons. The topological polar surface area (TPSA) is 58.6 Å². The number of benzene rings is 2. The fraction of sp³-hybridized carbons (Fsp3) is 0.333. The minimum atomic E-state index is -0.773. The molecule has 2 rings (SSSR count). The Bertz CT molecular complexity index is 864. The Morgan fingerprint density at radius 1 is 1.21 bits per heavy atom. The van der Waals surface area contributed by atoms with Crippen molar-refractivity contribution in [2.45, 2.75) is 32.9 Å². The molecule has 2 amide bonds. The molecule has 2 aromatic rings. The lowest BCUT2D eigenvalue weighted by atomic mass is 10.1. The molecule has 1 atom stereocenters. The highest BCUT2D eigenvalue weighted by Gasteiger charge is 2.27. The molecule has 0 aliphatic carbocycles. The third-order valence-electron chi connectivity index (χ3n) is 4.26. The summed E-state index contributed by atoms with van der Waals surface area (Å²) >= 11 is 12.2. The molecular formula is C21H23Cl2FN2O3. The summed E-state index contributed by atoms with van der Waals surface area (Å²) in [5.41, 5.74) is 0.630. The number of rotatable bonds is 9. The van der Waals surface area contributed by atoms with Gasteiger partial charge in [0.15, 0.2) is 18.2 Å². The van der Waals surface area contributed by atoms with Gasteiger partial charge in [0.2, 0.25) is 5.91 Å². The van der Waals surface area contributed by atoms with Crippen LogP contribution in [-0.2, 0) is 16.1 Å². The van der Waals surface area contributed by atoms with Crippen molar-refractivity contribution in [1.29, 1.82) is 0 Å². The predicted molar refractivity (Wildman–Crippen MR) is 112 cm³/mol. The van der Waals surface area contributed by atoms with Gasteiger partial charge in [-0.1, -0.05) is 48.3 Å². The molecule has 1 N–H and O–H groups in total. The molecule has 5 nitrogen and oxygen atoms in total. The Hall–Kier alpha value is -2.31. The minimum absolute atomic E-state index is 0.0339. The van der Waals surface area contributed by atoms with Crippen LogP contribution in [0.25, 0.3) is 0 Å². The van der Waals surface area contributed by atoms with Gasteiger partial charge in [0.25, 0.3) is 5.91 Å². The molecule has 8 heteroatoms. The number of amides is 2. The Kier molecular flexibility index (Phi) is 8.73. The largest absolute Gasteiger partial charge is 0.481 e. The van der Waals surface area contributed by atoms with Crippen molar-refractivity contribution < 1.29 is 18.7 Å². The SMILES string of the molecule is CCCNC(=O)[C@H](C)N(Cc1ccc(Cl)cc1Cl)C(=O)COc1ccccc1F. The lowest BCUT2D eigenvalue weighted by Crippen LogP contribution is -2.49. The summed E-state index contributed by atoms with van der Waals surface area (Å²) in [5.74, 6) is -1.37. The minimum Gasteiger partial charge on any atom is -0.481 e. The highest BCUT2D eigenvalue weighted by atomic mass is 35.5.